The number of nitrogens with one attached hydrogen (secondary N) is 1. The fourth-order valence-electron chi connectivity index (χ4n) is 2.61. The van der Waals surface area contributed by atoms with Crippen molar-refractivity contribution in [2.75, 3.05) is 0 Å². The number of hydrogen-bond donors (Lipinski definition) is 2. The standard InChI is InChI=1S/C18H11ClN4O3/c19-13-4-1-10(2-5-13)11-3-6-15-14(7-11)16(24)22-18(21-15)23-9-12(8-20-23)17(25)26/h1-9H,(H,25,26)(H,21,22,24). The molecule has 128 valence electrons. The van der Waals surface area contributed by atoms with E-state index in [4.69, 9.17) is 16.7 Å². The summed E-state index contributed by atoms with van der Waals surface area (Å²) < 4.78 is 1.22. The third-order valence-electron chi connectivity index (χ3n) is 3.92. The van der Waals surface area contributed by atoms with Gasteiger partial charge >= 0.3 is 5.97 Å². The van der Waals surface area contributed by atoms with Crippen LogP contribution in [-0.4, -0.2) is 30.8 Å². The molecule has 2 heterocycles. The molecule has 0 amide bonds. The smallest absolute Gasteiger partial charge is 0.338 e. The van der Waals surface area contributed by atoms with Gasteiger partial charge in [-0.1, -0.05) is 29.8 Å². The molecular formula is C18H11ClN4O3. The number of aromatic nitrogens is 4. The van der Waals surface area contributed by atoms with E-state index in [1.54, 1.807) is 24.3 Å². The van der Waals surface area contributed by atoms with Gasteiger partial charge in [0, 0.05) is 11.2 Å². The lowest BCUT2D eigenvalue weighted by Gasteiger charge is -2.06. The van der Waals surface area contributed by atoms with E-state index in [0.717, 1.165) is 11.1 Å². The van der Waals surface area contributed by atoms with Gasteiger partial charge in [0.25, 0.3) is 5.56 Å². The average Bonchev–Trinajstić information content (AvgIpc) is 3.13. The number of benzene rings is 2. The summed E-state index contributed by atoms with van der Waals surface area (Å²) in [6.07, 6.45) is 2.48. The normalized spacial score (nSPS) is 11.0. The van der Waals surface area contributed by atoms with E-state index < -0.39 is 5.97 Å². The summed E-state index contributed by atoms with van der Waals surface area (Å²) in [5.41, 5.74) is 1.94. The summed E-state index contributed by atoms with van der Waals surface area (Å²) in [5.74, 6) is -0.957. The van der Waals surface area contributed by atoms with E-state index in [-0.39, 0.29) is 17.1 Å². The maximum Gasteiger partial charge on any atom is 0.338 e. The molecule has 2 aromatic heterocycles. The molecule has 0 aliphatic carbocycles. The van der Waals surface area contributed by atoms with Crippen molar-refractivity contribution in [2.45, 2.75) is 0 Å². The summed E-state index contributed by atoms with van der Waals surface area (Å²) in [7, 11) is 0. The Morgan fingerprint density at radius 2 is 1.85 bits per heavy atom. The van der Waals surface area contributed by atoms with E-state index in [1.807, 2.05) is 18.2 Å². The highest BCUT2D eigenvalue weighted by atomic mass is 35.5. The maximum atomic E-state index is 12.5. The molecule has 0 radical (unpaired) electrons. The SMILES string of the molecule is O=C(O)c1cnn(-c2nc3ccc(-c4ccc(Cl)cc4)cc3c(=O)[nH]2)c1. The molecule has 4 rings (SSSR count). The van der Waals surface area contributed by atoms with Gasteiger partial charge in [0.15, 0.2) is 0 Å². The molecule has 0 fully saturated rings. The Bertz CT molecular complexity index is 1200. The van der Waals surface area contributed by atoms with Crippen molar-refractivity contribution in [3.63, 3.8) is 0 Å². The Morgan fingerprint density at radius 3 is 2.54 bits per heavy atom. The van der Waals surface area contributed by atoms with Crippen molar-refractivity contribution in [3.8, 4) is 17.1 Å². The van der Waals surface area contributed by atoms with Crippen LogP contribution in [0.2, 0.25) is 5.02 Å². The Labute approximate surface area is 151 Å². The van der Waals surface area contributed by atoms with Gasteiger partial charge in [0.2, 0.25) is 5.95 Å². The molecule has 26 heavy (non-hydrogen) atoms. The van der Waals surface area contributed by atoms with E-state index in [2.05, 4.69) is 15.1 Å². The van der Waals surface area contributed by atoms with Crippen LogP contribution >= 0.6 is 11.6 Å². The molecule has 0 atom stereocenters. The molecule has 0 saturated heterocycles. The topological polar surface area (TPSA) is 101 Å². The van der Waals surface area contributed by atoms with Crippen LogP contribution in [-0.2, 0) is 0 Å². The van der Waals surface area contributed by atoms with Crippen LogP contribution in [0.4, 0.5) is 0 Å². The largest absolute Gasteiger partial charge is 0.478 e. The zero-order valence-corrected chi connectivity index (χ0v) is 13.9. The van der Waals surface area contributed by atoms with E-state index in [0.29, 0.717) is 15.9 Å². The number of carboxylic acids is 1. The predicted molar refractivity (Wildman–Crippen MR) is 96.9 cm³/mol. The number of hydrogen-bond acceptors (Lipinski definition) is 4. The predicted octanol–water partition coefficient (Wildman–Crippen LogP) is 3.13. The highest BCUT2D eigenvalue weighted by Crippen LogP contribution is 2.24. The highest BCUT2D eigenvalue weighted by Gasteiger charge is 2.11. The van der Waals surface area contributed by atoms with Crippen molar-refractivity contribution in [2.24, 2.45) is 0 Å². The number of carbonyl (C=O) groups is 1. The van der Waals surface area contributed by atoms with E-state index in [9.17, 15) is 9.59 Å². The average molecular weight is 367 g/mol. The lowest BCUT2D eigenvalue weighted by molar-refractivity contribution is 0.0697. The Kier molecular flexibility index (Phi) is 3.78. The molecule has 2 aromatic carbocycles. The molecule has 0 aliphatic heterocycles. The first kappa shape index (κ1) is 16.0. The second-order valence-electron chi connectivity index (χ2n) is 5.61. The first-order chi connectivity index (χ1) is 12.5. The maximum absolute atomic E-state index is 12.5. The number of fused-ring (bicyclic) bond motifs is 1. The monoisotopic (exact) mass is 366 g/mol. The highest BCUT2D eigenvalue weighted by molar-refractivity contribution is 6.30. The second-order valence-corrected chi connectivity index (χ2v) is 6.04. The summed E-state index contributed by atoms with van der Waals surface area (Å²) in [4.78, 5) is 30.4. The van der Waals surface area contributed by atoms with Crippen LogP contribution in [0.25, 0.3) is 28.0 Å². The second kappa shape index (κ2) is 6.12. The summed E-state index contributed by atoms with van der Waals surface area (Å²) >= 11 is 5.91. The lowest BCUT2D eigenvalue weighted by Crippen LogP contribution is -2.14. The molecule has 8 heteroatoms. The minimum Gasteiger partial charge on any atom is -0.478 e. The zero-order valence-electron chi connectivity index (χ0n) is 13.2. The Balaban J connectivity index is 1.81. The van der Waals surface area contributed by atoms with Crippen LogP contribution in [0.3, 0.4) is 0 Å². The first-order valence-electron chi connectivity index (χ1n) is 7.59. The molecule has 0 saturated carbocycles. The number of halogens is 1. The van der Waals surface area contributed by atoms with Crippen LogP contribution in [0, 0.1) is 0 Å². The van der Waals surface area contributed by atoms with Gasteiger partial charge in [-0.15, -0.1) is 0 Å². The quantitative estimate of drug-likeness (QED) is 0.580. The third-order valence-corrected chi connectivity index (χ3v) is 4.17. The summed E-state index contributed by atoms with van der Waals surface area (Å²) in [6, 6.07) is 12.6. The van der Waals surface area contributed by atoms with Crippen LogP contribution in [0.15, 0.2) is 59.7 Å². The molecule has 7 nitrogen and oxygen atoms in total. The Morgan fingerprint density at radius 1 is 1.12 bits per heavy atom. The molecule has 2 N–H and O–H groups in total. The molecule has 0 spiro atoms. The van der Waals surface area contributed by atoms with Crippen LogP contribution < -0.4 is 5.56 Å². The lowest BCUT2D eigenvalue weighted by atomic mass is 10.0. The number of aromatic amines is 1. The minimum atomic E-state index is -1.10. The molecule has 0 bridgehead atoms. The van der Waals surface area contributed by atoms with Crippen molar-refractivity contribution >= 4 is 28.5 Å². The van der Waals surface area contributed by atoms with Crippen LogP contribution in [0.5, 0.6) is 0 Å². The van der Waals surface area contributed by atoms with Gasteiger partial charge < -0.3 is 5.11 Å². The fraction of sp³-hybridized carbons (Fsp3) is 0. The first-order valence-corrected chi connectivity index (χ1v) is 7.97. The molecular weight excluding hydrogens is 356 g/mol. The number of carboxylic acid groups (broad SMARTS) is 1. The van der Waals surface area contributed by atoms with Gasteiger partial charge in [0.1, 0.15) is 0 Å². The van der Waals surface area contributed by atoms with Crippen LogP contribution in [0.1, 0.15) is 10.4 Å². The van der Waals surface area contributed by atoms with Gasteiger partial charge in [-0.3, -0.25) is 9.78 Å². The van der Waals surface area contributed by atoms with Gasteiger partial charge in [-0.2, -0.15) is 5.10 Å². The van der Waals surface area contributed by atoms with Gasteiger partial charge in [-0.05, 0) is 35.4 Å². The van der Waals surface area contributed by atoms with Gasteiger partial charge in [0.05, 0.1) is 22.7 Å². The molecule has 0 aliphatic rings. The molecule has 4 aromatic rings. The van der Waals surface area contributed by atoms with Crippen molar-refractivity contribution < 1.29 is 9.90 Å². The van der Waals surface area contributed by atoms with Gasteiger partial charge in [-0.25, -0.2) is 14.5 Å². The number of aromatic carboxylic acids is 1. The van der Waals surface area contributed by atoms with E-state index in [1.165, 1.54) is 17.1 Å². The van der Waals surface area contributed by atoms with Crippen molar-refractivity contribution in [3.05, 3.63) is 75.8 Å². The fourth-order valence-corrected chi connectivity index (χ4v) is 2.73. The number of H-pyrrole nitrogens is 1. The number of rotatable bonds is 3. The van der Waals surface area contributed by atoms with Crippen molar-refractivity contribution in [1.29, 1.82) is 0 Å². The minimum absolute atomic E-state index is 0.00540. The van der Waals surface area contributed by atoms with E-state index >= 15 is 0 Å². The molecule has 0 unspecified atom stereocenters. The zero-order chi connectivity index (χ0) is 18.3. The Hall–Kier alpha value is -3.45. The summed E-state index contributed by atoms with van der Waals surface area (Å²) in [6.45, 7) is 0. The van der Waals surface area contributed by atoms with Crippen molar-refractivity contribution in [1.82, 2.24) is 19.7 Å². The third kappa shape index (κ3) is 2.84. The number of nitrogens with zero attached hydrogens (tertiary/aromatic N) is 3. The summed E-state index contributed by atoms with van der Waals surface area (Å²) in [5, 5.41) is 14.0.